The highest BCUT2D eigenvalue weighted by Gasteiger charge is 2.37. The molecule has 98 valence electrons. The molecule has 18 heavy (non-hydrogen) atoms. The molecule has 3 nitrogen and oxygen atoms in total. The van der Waals surface area contributed by atoms with Gasteiger partial charge in [-0.05, 0) is 49.4 Å². The van der Waals surface area contributed by atoms with Crippen molar-refractivity contribution < 1.29 is 9.53 Å². The second-order valence-corrected chi connectivity index (χ2v) is 6.92. The van der Waals surface area contributed by atoms with Gasteiger partial charge >= 0.3 is 5.97 Å². The minimum Gasteiger partial charge on any atom is -0.457 e. The van der Waals surface area contributed by atoms with Crippen molar-refractivity contribution in [3.63, 3.8) is 0 Å². The molecule has 2 rings (SSSR count). The van der Waals surface area contributed by atoms with Gasteiger partial charge in [0.15, 0.2) is 0 Å². The second kappa shape index (κ2) is 4.72. The molecule has 0 aromatic carbocycles. The molecule has 0 aromatic rings. The highest BCUT2D eigenvalue weighted by molar-refractivity contribution is 14.1. The SMILES string of the molecule is CN1C=C(C(=O)OC(C)(C)C)C2C=CC(I)=CC21. The molecule has 2 unspecified atom stereocenters. The van der Waals surface area contributed by atoms with E-state index in [9.17, 15) is 4.79 Å². The third-order valence-electron chi connectivity index (χ3n) is 2.97. The molecule has 0 spiro atoms. The Morgan fingerprint density at radius 3 is 2.72 bits per heavy atom. The van der Waals surface area contributed by atoms with Crippen molar-refractivity contribution in [2.24, 2.45) is 5.92 Å². The molecule has 0 radical (unpaired) electrons. The Morgan fingerprint density at radius 2 is 2.11 bits per heavy atom. The number of nitrogens with zero attached hydrogens (tertiary/aromatic N) is 1. The zero-order valence-electron chi connectivity index (χ0n) is 11.1. The van der Waals surface area contributed by atoms with Gasteiger partial charge in [-0.15, -0.1) is 0 Å². The average molecular weight is 359 g/mol. The van der Waals surface area contributed by atoms with Crippen molar-refractivity contribution in [3.05, 3.63) is 33.6 Å². The third-order valence-corrected chi connectivity index (χ3v) is 3.69. The molecule has 0 aromatic heterocycles. The van der Waals surface area contributed by atoms with Crippen molar-refractivity contribution in [2.75, 3.05) is 7.05 Å². The fourth-order valence-electron chi connectivity index (χ4n) is 2.21. The Morgan fingerprint density at radius 1 is 1.44 bits per heavy atom. The van der Waals surface area contributed by atoms with Crippen LogP contribution in [0.3, 0.4) is 0 Å². The number of fused-ring (bicyclic) bond motifs is 1. The maximum Gasteiger partial charge on any atom is 0.336 e. The molecule has 0 N–H and O–H groups in total. The Labute approximate surface area is 122 Å². The minimum atomic E-state index is -0.447. The molecule has 0 saturated heterocycles. The van der Waals surface area contributed by atoms with Crippen LogP contribution in [0.25, 0.3) is 0 Å². The smallest absolute Gasteiger partial charge is 0.336 e. The molecule has 0 amide bonds. The lowest BCUT2D eigenvalue weighted by atomic mass is 9.91. The summed E-state index contributed by atoms with van der Waals surface area (Å²) in [4.78, 5) is 14.2. The van der Waals surface area contributed by atoms with E-state index in [1.165, 1.54) is 3.58 Å². The van der Waals surface area contributed by atoms with Gasteiger partial charge in [0, 0.05) is 22.7 Å². The highest BCUT2D eigenvalue weighted by atomic mass is 127. The first-order valence-electron chi connectivity index (χ1n) is 6.00. The summed E-state index contributed by atoms with van der Waals surface area (Å²) in [7, 11) is 1.99. The van der Waals surface area contributed by atoms with E-state index in [2.05, 4.69) is 45.7 Å². The Bertz CT molecular complexity index is 457. The summed E-state index contributed by atoms with van der Waals surface area (Å²) in [5.74, 6) is -0.0971. The first-order valence-corrected chi connectivity index (χ1v) is 7.08. The average Bonchev–Trinajstić information content (AvgIpc) is 2.54. The van der Waals surface area contributed by atoms with Crippen LogP contribution in [0, 0.1) is 5.92 Å². The van der Waals surface area contributed by atoms with Crippen LogP contribution in [-0.4, -0.2) is 29.6 Å². The summed E-state index contributed by atoms with van der Waals surface area (Å²) >= 11 is 2.30. The van der Waals surface area contributed by atoms with E-state index >= 15 is 0 Å². The van der Waals surface area contributed by atoms with Crippen LogP contribution in [0.4, 0.5) is 0 Å². The minimum absolute atomic E-state index is 0.114. The molecule has 2 aliphatic rings. The van der Waals surface area contributed by atoms with Gasteiger partial charge in [0.1, 0.15) is 5.60 Å². The Kier molecular flexibility index (Phi) is 3.58. The zero-order valence-corrected chi connectivity index (χ0v) is 13.3. The predicted molar refractivity (Wildman–Crippen MR) is 80.2 cm³/mol. The number of rotatable bonds is 1. The van der Waals surface area contributed by atoms with E-state index in [0.29, 0.717) is 0 Å². The topological polar surface area (TPSA) is 29.5 Å². The van der Waals surface area contributed by atoms with Gasteiger partial charge in [-0.25, -0.2) is 4.79 Å². The Balaban J connectivity index is 2.19. The molecule has 2 atom stereocenters. The maximum atomic E-state index is 12.2. The lowest BCUT2D eigenvalue weighted by Gasteiger charge is -2.26. The highest BCUT2D eigenvalue weighted by Crippen LogP contribution is 2.35. The Hall–Kier alpha value is -0.780. The molecule has 1 heterocycles. The summed E-state index contributed by atoms with van der Waals surface area (Å²) in [5, 5.41) is 0. The molecular formula is C14H18INO2. The zero-order chi connectivity index (χ0) is 13.5. The number of carbonyl (C=O) groups is 1. The molecule has 0 saturated carbocycles. The van der Waals surface area contributed by atoms with Crippen molar-refractivity contribution in [2.45, 2.75) is 32.4 Å². The van der Waals surface area contributed by atoms with E-state index in [0.717, 1.165) is 5.57 Å². The van der Waals surface area contributed by atoms with Gasteiger partial charge in [0.25, 0.3) is 0 Å². The fraction of sp³-hybridized carbons (Fsp3) is 0.500. The number of likely N-dealkylation sites (N-methyl/N-ethyl adjacent to an activating group) is 1. The normalized spacial score (nSPS) is 26.6. The monoisotopic (exact) mass is 359 g/mol. The molecule has 1 aliphatic carbocycles. The summed E-state index contributed by atoms with van der Waals surface area (Å²) in [6.07, 6.45) is 8.23. The van der Waals surface area contributed by atoms with Gasteiger partial charge in [-0.1, -0.05) is 12.2 Å². The van der Waals surface area contributed by atoms with Crippen molar-refractivity contribution in [1.82, 2.24) is 4.90 Å². The molecule has 0 fully saturated rings. The van der Waals surface area contributed by atoms with Gasteiger partial charge in [0.2, 0.25) is 0 Å². The second-order valence-electron chi connectivity index (χ2n) is 5.68. The summed E-state index contributed by atoms with van der Waals surface area (Å²) in [6, 6.07) is 0.240. The fourth-order valence-corrected chi connectivity index (χ4v) is 2.78. The van der Waals surface area contributed by atoms with Gasteiger partial charge in [0.05, 0.1) is 11.6 Å². The summed E-state index contributed by atoms with van der Waals surface area (Å²) in [6.45, 7) is 5.67. The van der Waals surface area contributed by atoms with Gasteiger partial charge in [-0.2, -0.15) is 0 Å². The molecular weight excluding hydrogens is 341 g/mol. The lowest BCUT2D eigenvalue weighted by Crippen LogP contribution is -2.30. The van der Waals surface area contributed by atoms with Crippen LogP contribution >= 0.6 is 22.6 Å². The van der Waals surface area contributed by atoms with E-state index in [4.69, 9.17) is 4.74 Å². The largest absolute Gasteiger partial charge is 0.457 e. The molecule has 0 bridgehead atoms. The number of esters is 1. The number of allylic oxidation sites excluding steroid dienone is 2. The molecule has 1 aliphatic heterocycles. The third kappa shape index (κ3) is 2.79. The van der Waals surface area contributed by atoms with Gasteiger partial charge in [-0.3, -0.25) is 0 Å². The van der Waals surface area contributed by atoms with Crippen LogP contribution in [0.2, 0.25) is 0 Å². The van der Waals surface area contributed by atoms with Crippen molar-refractivity contribution in [3.8, 4) is 0 Å². The molecule has 4 heteroatoms. The van der Waals surface area contributed by atoms with Gasteiger partial charge < -0.3 is 9.64 Å². The first-order chi connectivity index (χ1) is 8.28. The number of hydrogen-bond donors (Lipinski definition) is 0. The van der Waals surface area contributed by atoms with E-state index in [1.807, 2.05) is 34.0 Å². The van der Waals surface area contributed by atoms with Crippen LogP contribution in [0.5, 0.6) is 0 Å². The van der Waals surface area contributed by atoms with E-state index in [-0.39, 0.29) is 17.9 Å². The van der Waals surface area contributed by atoms with Crippen molar-refractivity contribution in [1.29, 1.82) is 0 Å². The summed E-state index contributed by atoms with van der Waals surface area (Å²) < 4.78 is 6.66. The number of hydrogen-bond acceptors (Lipinski definition) is 3. The van der Waals surface area contributed by atoms with Crippen LogP contribution in [-0.2, 0) is 9.53 Å². The number of carbonyl (C=O) groups excluding carboxylic acids is 1. The standard InChI is InChI=1S/C14H18INO2/c1-14(2,3)18-13(17)11-8-16(4)12-7-9(15)5-6-10(11)12/h5-8,10,12H,1-4H3. The van der Waals surface area contributed by atoms with Crippen LogP contribution < -0.4 is 0 Å². The predicted octanol–water partition coefficient (Wildman–Crippen LogP) is 3.03. The quantitative estimate of drug-likeness (QED) is 0.533. The van der Waals surface area contributed by atoms with Crippen LogP contribution in [0.1, 0.15) is 20.8 Å². The van der Waals surface area contributed by atoms with Crippen molar-refractivity contribution >= 4 is 28.6 Å². The lowest BCUT2D eigenvalue weighted by molar-refractivity contribution is -0.150. The maximum absolute atomic E-state index is 12.2. The van der Waals surface area contributed by atoms with E-state index in [1.54, 1.807) is 0 Å². The number of halogens is 1. The number of ether oxygens (including phenoxy) is 1. The van der Waals surface area contributed by atoms with E-state index < -0.39 is 5.60 Å². The summed E-state index contributed by atoms with van der Waals surface area (Å²) in [5.41, 5.74) is 0.297. The van der Waals surface area contributed by atoms with Crippen LogP contribution in [0.15, 0.2) is 33.6 Å². The first kappa shape index (κ1) is 13.6.